The van der Waals surface area contributed by atoms with Crippen LogP contribution in [0.15, 0.2) is 30.3 Å². The van der Waals surface area contributed by atoms with Crippen molar-refractivity contribution < 1.29 is 4.43 Å². The van der Waals surface area contributed by atoms with Gasteiger partial charge in [-0.2, -0.15) is 0 Å². The number of halogens is 1. The Labute approximate surface area is 168 Å². The second-order valence-electron chi connectivity index (χ2n) is 10.5. The van der Waals surface area contributed by atoms with Crippen LogP contribution < -0.4 is 0 Å². The molecule has 0 heterocycles. The normalized spacial score (nSPS) is 17.9. The maximum Gasteiger partial charge on any atom is 0.268 e. The molecule has 144 valence electrons. The van der Waals surface area contributed by atoms with Crippen LogP contribution in [0, 0.1) is 0 Å². The zero-order valence-electron chi connectivity index (χ0n) is 18.3. The SMILES string of the molecule is CO[Si@@](Br)([C@@H](C)c1ccccc1)C([Si](C)(C)C)([Si](C)(C)C)[Si](C)(C)C. The molecule has 0 aliphatic heterocycles. The number of hydrogen-bond acceptors (Lipinski definition) is 1. The maximum absolute atomic E-state index is 6.66. The van der Waals surface area contributed by atoms with Crippen molar-refractivity contribution in [1.82, 2.24) is 0 Å². The van der Waals surface area contributed by atoms with E-state index in [-0.39, 0.29) is 0 Å². The molecule has 0 aromatic heterocycles. The summed E-state index contributed by atoms with van der Waals surface area (Å²) in [4.78, 5) is 0. The molecule has 0 unspecified atom stereocenters. The lowest BCUT2D eigenvalue weighted by Crippen LogP contribution is -2.77. The molecule has 0 amide bonds. The summed E-state index contributed by atoms with van der Waals surface area (Å²) in [5.41, 5.74) is 1.86. The molecule has 0 aliphatic carbocycles. The Hall–Kier alpha value is 0.528. The van der Waals surface area contributed by atoms with E-state index < -0.39 is 31.2 Å². The average Bonchev–Trinajstić information content (AvgIpc) is 2.42. The van der Waals surface area contributed by atoms with E-state index in [1.807, 2.05) is 7.11 Å². The van der Waals surface area contributed by atoms with E-state index in [1.165, 1.54) is 5.56 Å². The van der Waals surface area contributed by atoms with Crippen LogP contribution in [0.25, 0.3) is 0 Å². The minimum atomic E-state index is -2.26. The molecule has 0 saturated carbocycles. The van der Waals surface area contributed by atoms with Gasteiger partial charge in [0.25, 0.3) is 6.94 Å². The number of rotatable bonds is 7. The minimum Gasteiger partial charge on any atom is -0.409 e. The highest BCUT2D eigenvalue weighted by molar-refractivity contribution is 9.26. The Morgan fingerprint density at radius 2 is 1.16 bits per heavy atom. The monoisotopic (exact) mass is 474 g/mol. The Kier molecular flexibility index (Phi) is 7.08. The van der Waals surface area contributed by atoms with Gasteiger partial charge < -0.3 is 4.43 Å². The third-order valence-electron chi connectivity index (χ3n) is 6.04. The van der Waals surface area contributed by atoms with E-state index >= 15 is 0 Å². The van der Waals surface area contributed by atoms with Crippen molar-refractivity contribution in [3.63, 3.8) is 0 Å². The topological polar surface area (TPSA) is 9.23 Å². The Morgan fingerprint density at radius 1 is 0.800 bits per heavy atom. The molecular formula is C19H39BrOSi4. The van der Waals surface area contributed by atoms with Crippen LogP contribution >= 0.6 is 15.3 Å². The van der Waals surface area contributed by atoms with Crippen LogP contribution in [0.4, 0.5) is 0 Å². The smallest absolute Gasteiger partial charge is 0.268 e. The van der Waals surface area contributed by atoms with Gasteiger partial charge in [-0.05, 0) is 9.47 Å². The zero-order valence-corrected chi connectivity index (χ0v) is 23.8. The molecule has 1 nitrogen and oxygen atoms in total. The van der Waals surface area contributed by atoms with Gasteiger partial charge in [0.1, 0.15) is 0 Å². The van der Waals surface area contributed by atoms with Crippen molar-refractivity contribution in [2.45, 2.75) is 75.3 Å². The molecule has 2 atom stereocenters. The van der Waals surface area contributed by atoms with Crippen LogP contribution in [0.5, 0.6) is 0 Å². The van der Waals surface area contributed by atoms with Gasteiger partial charge >= 0.3 is 0 Å². The van der Waals surface area contributed by atoms with Gasteiger partial charge in [0.2, 0.25) is 0 Å². The minimum absolute atomic E-state index is 0.393. The molecule has 25 heavy (non-hydrogen) atoms. The van der Waals surface area contributed by atoms with Crippen molar-refractivity contribution in [3.05, 3.63) is 35.9 Å². The molecule has 0 fully saturated rings. The fourth-order valence-corrected chi connectivity index (χ4v) is 67.4. The van der Waals surface area contributed by atoms with Crippen LogP contribution in [0.3, 0.4) is 0 Å². The molecule has 0 radical (unpaired) electrons. The van der Waals surface area contributed by atoms with E-state index in [4.69, 9.17) is 4.43 Å². The summed E-state index contributed by atoms with van der Waals surface area (Å²) in [5, 5.41) is 0. The Morgan fingerprint density at radius 3 is 1.44 bits per heavy atom. The molecule has 0 aliphatic rings. The van der Waals surface area contributed by atoms with Gasteiger partial charge in [0.05, 0.1) is 0 Å². The van der Waals surface area contributed by atoms with Crippen molar-refractivity contribution in [3.8, 4) is 0 Å². The van der Waals surface area contributed by atoms with Crippen molar-refractivity contribution in [1.29, 1.82) is 0 Å². The standard InChI is InChI=1S/C19H39BrOSi4/c1-17(18-15-13-12-14-16-18)25(20,21-2)19(22(3,4)5,23(6,7)8)24(9,10)11/h12-17H,1-11H3/t17-,25-/m0/s1. The summed E-state index contributed by atoms with van der Waals surface area (Å²) in [6.07, 6.45) is 0. The lowest BCUT2D eigenvalue weighted by molar-refractivity contribution is 0.400. The summed E-state index contributed by atoms with van der Waals surface area (Å²) in [6.45, 7) is 23.6. The molecular weight excluding hydrogens is 436 g/mol. The van der Waals surface area contributed by atoms with Gasteiger partial charge in [-0.25, -0.2) is 0 Å². The van der Waals surface area contributed by atoms with Gasteiger partial charge in [0, 0.05) is 36.9 Å². The van der Waals surface area contributed by atoms with E-state index in [0.29, 0.717) is 9.45 Å². The van der Waals surface area contributed by atoms with E-state index in [2.05, 4.69) is 111 Å². The average molecular weight is 476 g/mol. The molecule has 6 heteroatoms. The van der Waals surface area contributed by atoms with Gasteiger partial charge in [-0.1, -0.05) is 111 Å². The number of benzene rings is 1. The fraction of sp³-hybridized carbons (Fsp3) is 0.684. The first-order valence-corrected chi connectivity index (χ1v) is 24.1. The predicted octanol–water partition coefficient (Wildman–Crippen LogP) is 7.19. The fourth-order valence-electron chi connectivity index (χ4n) is 6.52. The quantitative estimate of drug-likeness (QED) is 0.300. The summed E-state index contributed by atoms with van der Waals surface area (Å²) in [6, 6.07) is 11.0. The second-order valence-corrected chi connectivity index (χ2v) is 36.1. The lowest BCUT2D eigenvalue weighted by Gasteiger charge is -2.65. The first-order valence-electron chi connectivity index (χ1n) is 9.37. The molecule has 0 N–H and O–H groups in total. The summed E-state index contributed by atoms with van der Waals surface area (Å²) in [7, 11) is -2.66. The lowest BCUT2D eigenvalue weighted by atomic mass is 10.2. The third kappa shape index (κ3) is 3.76. The maximum atomic E-state index is 6.66. The largest absolute Gasteiger partial charge is 0.409 e. The first kappa shape index (κ1) is 23.6. The molecule has 1 aromatic carbocycles. The molecule has 0 saturated heterocycles. The predicted molar refractivity (Wildman–Crippen MR) is 129 cm³/mol. The van der Waals surface area contributed by atoms with Gasteiger partial charge in [-0.15, -0.1) is 0 Å². The van der Waals surface area contributed by atoms with Crippen LogP contribution in [-0.4, -0.2) is 38.3 Å². The van der Waals surface area contributed by atoms with E-state index in [0.717, 1.165) is 0 Å². The van der Waals surface area contributed by atoms with E-state index in [9.17, 15) is 0 Å². The number of hydrogen-bond donors (Lipinski definition) is 0. The van der Waals surface area contributed by atoms with Crippen molar-refractivity contribution in [2.75, 3.05) is 7.11 Å². The molecule has 1 aromatic rings. The molecule has 1 rings (SSSR count). The van der Waals surface area contributed by atoms with Gasteiger partial charge in [-0.3, -0.25) is 0 Å². The van der Waals surface area contributed by atoms with Crippen LogP contribution in [0.1, 0.15) is 18.0 Å². The zero-order chi connectivity index (χ0) is 19.9. The summed E-state index contributed by atoms with van der Waals surface area (Å²) in [5.74, 6) is 0. The second kappa shape index (κ2) is 7.51. The van der Waals surface area contributed by atoms with E-state index in [1.54, 1.807) is 0 Å². The first-order chi connectivity index (χ1) is 11.1. The Bertz CT molecular complexity index is 536. The van der Waals surface area contributed by atoms with Crippen LogP contribution in [0.2, 0.25) is 62.8 Å². The third-order valence-corrected chi connectivity index (χ3v) is 47.6. The van der Waals surface area contributed by atoms with Crippen molar-refractivity contribution >= 4 is 46.5 Å². The van der Waals surface area contributed by atoms with Crippen molar-refractivity contribution in [2.24, 2.45) is 0 Å². The summed E-state index contributed by atoms with van der Waals surface area (Å²) >= 11 is 4.44. The van der Waals surface area contributed by atoms with Crippen LogP contribution in [-0.2, 0) is 4.43 Å². The highest BCUT2D eigenvalue weighted by Gasteiger charge is 2.72. The highest BCUT2D eigenvalue weighted by atomic mass is 79.9. The molecule has 0 bridgehead atoms. The Balaban J connectivity index is 3.88. The summed E-state index contributed by atoms with van der Waals surface area (Å²) < 4.78 is 7.05. The van der Waals surface area contributed by atoms with Gasteiger partial charge in [0.15, 0.2) is 0 Å². The molecule has 0 spiro atoms. The highest BCUT2D eigenvalue weighted by Crippen LogP contribution is 2.64.